The lowest BCUT2D eigenvalue weighted by molar-refractivity contribution is 0.181. The maximum atomic E-state index is 8.81. The summed E-state index contributed by atoms with van der Waals surface area (Å²) in [7, 11) is 3.71. The monoisotopic (exact) mass is 132 g/mol. The first kappa shape index (κ1) is 8.88. The van der Waals surface area contributed by atoms with Crippen LogP contribution in [-0.2, 0) is 0 Å². The number of rotatable bonds is 4. The van der Waals surface area contributed by atoms with Crippen LogP contribution in [0.5, 0.6) is 0 Å². The lowest BCUT2D eigenvalue weighted by atomic mass is 10.1. The Morgan fingerprint density at radius 1 is 1.44 bits per heavy atom. The van der Waals surface area contributed by atoms with Gasteiger partial charge in [-0.05, 0) is 21.0 Å². The average Bonchev–Trinajstić information content (AvgIpc) is 1.89. The Kier molecular flexibility index (Phi) is 3.77. The quantitative estimate of drug-likeness (QED) is 0.468. The van der Waals surface area contributed by atoms with Crippen LogP contribution in [0.1, 0.15) is 6.92 Å². The van der Waals surface area contributed by atoms with Gasteiger partial charge in [0.2, 0.25) is 0 Å². The first-order valence-electron chi connectivity index (χ1n) is 3.13. The van der Waals surface area contributed by atoms with Gasteiger partial charge in [0.15, 0.2) is 0 Å². The molecule has 3 nitrogen and oxygen atoms in total. The van der Waals surface area contributed by atoms with E-state index in [2.05, 4.69) is 10.6 Å². The van der Waals surface area contributed by atoms with Crippen LogP contribution in [-0.4, -0.2) is 37.9 Å². The predicted molar refractivity (Wildman–Crippen MR) is 38.5 cm³/mol. The summed E-state index contributed by atoms with van der Waals surface area (Å²) in [5.41, 5.74) is -0.172. The number of nitrogens with one attached hydrogen (secondary N) is 2. The Morgan fingerprint density at radius 3 is 2.11 bits per heavy atom. The molecule has 0 spiro atoms. The lowest BCUT2D eigenvalue weighted by Gasteiger charge is -2.25. The Hall–Kier alpha value is -0.120. The van der Waals surface area contributed by atoms with E-state index >= 15 is 0 Å². The molecule has 9 heavy (non-hydrogen) atoms. The minimum atomic E-state index is -0.172. The van der Waals surface area contributed by atoms with Gasteiger partial charge in [0, 0.05) is 6.54 Å². The minimum absolute atomic E-state index is 0.157. The number of aliphatic hydroxyl groups excluding tert-OH is 1. The number of hydrogen-bond acceptors (Lipinski definition) is 3. The molecule has 0 saturated heterocycles. The van der Waals surface area contributed by atoms with Gasteiger partial charge in [-0.3, -0.25) is 0 Å². The molecule has 0 radical (unpaired) electrons. The van der Waals surface area contributed by atoms with Gasteiger partial charge in [0.05, 0.1) is 12.1 Å². The molecule has 3 N–H and O–H groups in total. The van der Waals surface area contributed by atoms with Gasteiger partial charge in [-0.25, -0.2) is 0 Å². The van der Waals surface area contributed by atoms with Crippen LogP contribution in [0, 0.1) is 0 Å². The molecule has 0 aliphatic heterocycles. The highest BCUT2D eigenvalue weighted by atomic mass is 16.3. The third-order valence-electron chi connectivity index (χ3n) is 1.52. The van der Waals surface area contributed by atoms with Gasteiger partial charge < -0.3 is 15.7 Å². The molecular formula is C6H16N2O. The molecule has 1 atom stereocenters. The summed E-state index contributed by atoms with van der Waals surface area (Å²) in [5, 5.41) is 14.8. The highest BCUT2D eigenvalue weighted by Gasteiger charge is 2.18. The Labute approximate surface area is 56.5 Å². The predicted octanol–water partition coefficient (Wildman–Crippen LogP) is -0.824. The third-order valence-corrected chi connectivity index (χ3v) is 1.52. The number of likely N-dealkylation sites (N-methyl/N-ethyl adjacent to an activating group) is 2. The molecule has 0 fully saturated rings. The second kappa shape index (κ2) is 3.82. The fourth-order valence-electron chi connectivity index (χ4n) is 0.614. The molecule has 0 heterocycles. The molecule has 0 amide bonds. The van der Waals surface area contributed by atoms with E-state index in [0.29, 0.717) is 0 Å². The van der Waals surface area contributed by atoms with E-state index in [4.69, 9.17) is 5.11 Å². The van der Waals surface area contributed by atoms with Crippen molar-refractivity contribution >= 4 is 0 Å². The largest absolute Gasteiger partial charge is 0.394 e. The van der Waals surface area contributed by atoms with Gasteiger partial charge >= 0.3 is 0 Å². The molecule has 0 aromatic carbocycles. The summed E-state index contributed by atoms with van der Waals surface area (Å²) in [6.45, 7) is 2.90. The van der Waals surface area contributed by atoms with Crippen molar-refractivity contribution in [3.8, 4) is 0 Å². The van der Waals surface area contributed by atoms with E-state index in [0.717, 1.165) is 6.54 Å². The molecule has 56 valence electrons. The van der Waals surface area contributed by atoms with E-state index in [-0.39, 0.29) is 12.1 Å². The van der Waals surface area contributed by atoms with Gasteiger partial charge in [-0.1, -0.05) is 0 Å². The van der Waals surface area contributed by atoms with Gasteiger partial charge in [-0.2, -0.15) is 0 Å². The van der Waals surface area contributed by atoms with Crippen LogP contribution < -0.4 is 10.6 Å². The van der Waals surface area contributed by atoms with Crippen LogP contribution in [0.2, 0.25) is 0 Å². The smallest absolute Gasteiger partial charge is 0.0622 e. The first-order valence-corrected chi connectivity index (χ1v) is 3.13. The Bertz CT molecular complexity index is 71.5. The third kappa shape index (κ3) is 2.79. The van der Waals surface area contributed by atoms with Crippen LogP contribution in [0.25, 0.3) is 0 Å². The van der Waals surface area contributed by atoms with E-state index in [1.807, 2.05) is 21.0 Å². The van der Waals surface area contributed by atoms with Crippen molar-refractivity contribution in [3.63, 3.8) is 0 Å². The average molecular weight is 132 g/mol. The summed E-state index contributed by atoms with van der Waals surface area (Å²) in [4.78, 5) is 0. The molecule has 0 aliphatic carbocycles. The molecule has 0 aliphatic rings. The normalized spacial score (nSPS) is 17.3. The second-order valence-electron chi connectivity index (χ2n) is 2.50. The second-order valence-corrected chi connectivity index (χ2v) is 2.50. The summed E-state index contributed by atoms with van der Waals surface area (Å²) in [5.74, 6) is 0. The standard InChI is InChI=1S/C6H16N2O/c1-6(5-9,8-3)4-7-2/h7-9H,4-5H2,1-3H3. The van der Waals surface area contributed by atoms with Crippen molar-refractivity contribution in [2.24, 2.45) is 0 Å². The summed E-state index contributed by atoms with van der Waals surface area (Å²) >= 11 is 0. The Morgan fingerprint density at radius 2 is 2.00 bits per heavy atom. The highest BCUT2D eigenvalue weighted by Crippen LogP contribution is 1.97. The summed E-state index contributed by atoms with van der Waals surface area (Å²) < 4.78 is 0. The molecule has 0 aromatic rings. The van der Waals surface area contributed by atoms with E-state index in [1.165, 1.54) is 0 Å². The zero-order valence-corrected chi connectivity index (χ0v) is 6.36. The highest BCUT2D eigenvalue weighted by molar-refractivity contribution is 4.81. The van der Waals surface area contributed by atoms with Crippen molar-refractivity contribution in [2.75, 3.05) is 27.2 Å². The number of hydrogen-bond donors (Lipinski definition) is 3. The molecule has 0 saturated carbocycles. The zero-order valence-electron chi connectivity index (χ0n) is 6.36. The van der Waals surface area contributed by atoms with Crippen molar-refractivity contribution in [1.29, 1.82) is 0 Å². The van der Waals surface area contributed by atoms with Crippen LogP contribution in [0.4, 0.5) is 0 Å². The summed E-state index contributed by atoms with van der Waals surface area (Å²) in [6, 6.07) is 0. The molecule has 1 unspecified atom stereocenters. The van der Waals surface area contributed by atoms with Gasteiger partial charge in [0.1, 0.15) is 0 Å². The van der Waals surface area contributed by atoms with Crippen molar-refractivity contribution in [3.05, 3.63) is 0 Å². The van der Waals surface area contributed by atoms with E-state index in [9.17, 15) is 0 Å². The fraction of sp³-hybridized carbons (Fsp3) is 1.00. The van der Waals surface area contributed by atoms with Crippen molar-refractivity contribution < 1.29 is 5.11 Å². The lowest BCUT2D eigenvalue weighted by Crippen LogP contribution is -2.50. The van der Waals surface area contributed by atoms with Crippen LogP contribution in [0.15, 0.2) is 0 Å². The van der Waals surface area contributed by atoms with E-state index in [1.54, 1.807) is 0 Å². The maximum absolute atomic E-state index is 8.81. The molecule has 3 heteroatoms. The molecule has 0 aromatic heterocycles. The van der Waals surface area contributed by atoms with Crippen LogP contribution in [0.3, 0.4) is 0 Å². The number of aliphatic hydroxyl groups is 1. The molecule has 0 bridgehead atoms. The first-order chi connectivity index (χ1) is 4.18. The topological polar surface area (TPSA) is 44.3 Å². The molecule has 0 rings (SSSR count). The van der Waals surface area contributed by atoms with Gasteiger partial charge in [-0.15, -0.1) is 0 Å². The maximum Gasteiger partial charge on any atom is 0.0622 e. The van der Waals surface area contributed by atoms with Crippen LogP contribution >= 0.6 is 0 Å². The van der Waals surface area contributed by atoms with Crippen molar-refractivity contribution in [1.82, 2.24) is 10.6 Å². The zero-order chi connectivity index (χ0) is 7.33. The molecular weight excluding hydrogens is 116 g/mol. The summed E-state index contributed by atoms with van der Waals surface area (Å²) in [6.07, 6.45) is 0. The SMILES string of the molecule is CNCC(C)(CO)NC. The fourth-order valence-corrected chi connectivity index (χ4v) is 0.614. The minimum Gasteiger partial charge on any atom is -0.394 e. The van der Waals surface area contributed by atoms with E-state index < -0.39 is 0 Å². The van der Waals surface area contributed by atoms with Crippen molar-refractivity contribution in [2.45, 2.75) is 12.5 Å². The van der Waals surface area contributed by atoms with Gasteiger partial charge in [0.25, 0.3) is 0 Å². The Balaban J connectivity index is 3.62.